The average molecular weight is 370 g/mol. The second-order valence-electron chi connectivity index (χ2n) is 4.70. The fourth-order valence-electron chi connectivity index (χ4n) is 1.92. The molecule has 0 saturated carbocycles. The third kappa shape index (κ3) is 3.54. The topological polar surface area (TPSA) is 106 Å². The Labute approximate surface area is 149 Å². The van der Waals surface area contributed by atoms with Crippen molar-refractivity contribution in [1.29, 1.82) is 0 Å². The number of furan rings is 1. The number of carbonyl (C=O) groups excluding carboxylic acids is 1. The van der Waals surface area contributed by atoms with Crippen LogP contribution in [0.5, 0.6) is 0 Å². The van der Waals surface area contributed by atoms with Gasteiger partial charge in [0.2, 0.25) is 5.95 Å². The molecule has 0 aliphatic rings. The molecule has 0 saturated heterocycles. The van der Waals surface area contributed by atoms with E-state index in [1.807, 2.05) is 11.4 Å². The number of nitrogens with one attached hydrogen (secondary N) is 2. The lowest BCUT2D eigenvalue weighted by molar-refractivity contribution is 0.102. The van der Waals surface area contributed by atoms with Crippen molar-refractivity contribution in [2.45, 2.75) is 0 Å². The van der Waals surface area contributed by atoms with Crippen molar-refractivity contribution in [2.24, 2.45) is 0 Å². The number of anilines is 3. The summed E-state index contributed by atoms with van der Waals surface area (Å²) in [6, 6.07) is 5.31. The molecular weight excluding hydrogens is 360 g/mol. The van der Waals surface area contributed by atoms with Gasteiger partial charge in [-0.2, -0.15) is 0 Å². The van der Waals surface area contributed by atoms with Crippen molar-refractivity contribution in [1.82, 2.24) is 19.9 Å². The van der Waals surface area contributed by atoms with Crippen LogP contribution in [0.1, 0.15) is 10.5 Å². The third-order valence-electron chi connectivity index (χ3n) is 3.02. The molecule has 4 aromatic rings. The van der Waals surface area contributed by atoms with Gasteiger partial charge in [0.1, 0.15) is 11.4 Å². The first-order valence-corrected chi connectivity index (χ1v) is 8.84. The van der Waals surface area contributed by atoms with E-state index in [1.165, 1.54) is 22.7 Å². The predicted molar refractivity (Wildman–Crippen MR) is 95.2 cm³/mol. The summed E-state index contributed by atoms with van der Waals surface area (Å²) < 4.78 is 5.28. The van der Waals surface area contributed by atoms with Crippen LogP contribution in [-0.2, 0) is 0 Å². The smallest absolute Gasteiger partial charge is 0.276 e. The molecule has 25 heavy (non-hydrogen) atoms. The van der Waals surface area contributed by atoms with Gasteiger partial charge in [0, 0.05) is 23.2 Å². The van der Waals surface area contributed by atoms with Crippen molar-refractivity contribution in [3.05, 3.63) is 53.3 Å². The Morgan fingerprint density at radius 3 is 2.68 bits per heavy atom. The molecule has 4 aromatic heterocycles. The zero-order valence-electron chi connectivity index (χ0n) is 12.5. The van der Waals surface area contributed by atoms with Crippen LogP contribution >= 0.6 is 22.7 Å². The number of rotatable bonds is 5. The lowest BCUT2D eigenvalue weighted by Crippen LogP contribution is -2.12. The Balaban J connectivity index is 1.43. The molecule has 0 aliphatic heterocycles. The van der Waals surface area contributed by atoms with E-state index in [4.69, 9.17) is 4.42 Å². The molecular formula is C15H10N6O2S2. The van der Waals surface area contributed by atoms with Crippen molar-refractivity contribution in [2.75, 3.05) is 10.6 Å². The molecule has 0 atom stereocenters. The van der Waals surface area contributed by atoms with Gasteiger partial charge in [-0.3, -0.25) is 10.1 Å². The van der Waals surface area contributed by atoms with Crippen molar-refractivity contribution < 1.29 is 9.21 Å². The Bertz CT molecular complexity index is 981. The van der Waals surface area contributed by atoms with E-state index >= 15 is 0 Å². The average Bonchev–Trinajstić information content (AvgIpc) is 3.37. The maximum absolute atomic E-state index is 12.3. The highest BCUT2D eigenvalue weighted by Crippen LogP contribution is 2.26. The monoisotopic (exact) mass is 370 g/mol. The summed E-state index contributed by atoms with van der Waals surface area (Å²) in [4.78, 5) is 28.9. The van der Waals surface area contributed by atoms with Crippen LogP contribution in [0.15, 0.2) is 52.0 Å². The molecule has 4 heterocycles. The van der Waals surface area contributed by atoms with E-state index in [0.717, 1.165) is 0 Å². The van der Waals surface area contributed by atoms with E-state index in [2.05, 4.69) is 30.6 Å². The number of hydrogen-bond donors (Lipinski definition) is 2. The van der Waals surface area contributed by atoms with Gasteiger partial charge in [-0.1, -0.05) is 0 Å². The minimum Gasteiger partial charge on any atom is -0.463 e. The van der Waals surface area contributed by atoms with Crippen LogP contribution in [0.25, 0.3) is 11.5 Å². The lowest BCUT2D eigenvalue weighted by Gasteiger charge is -1.99. The van der Waals surface area contributed by atoms with Crippen LogP contribution in [-0.4, -0.2) is 25.8 Å². The molecule has 124 valence electrons. The molecule has 10 heteroatoms. The highest BCUT2D eigenvalue weighted by atomic mass is 32.1. The SMILES string of the molecule is O=C(Nc1nc(-c2ccco2)cs1)c1csc(Nc2ncccn2)n1. The van der Waals surface area contributed by atoms with E-state index in [1.54, 1.807) is 36.2 Å². The molecule has 8 nitrogen and oxygen atoms in total. The number of nitrogens with zero attached hydrogens (tertiary/aromatic N) is 4. The van der Waals surface area contributed by atoms with Crippen molar-refractivity contribution in [3.63, 3.8) is 0 Å². The largest absolute Gasteiger partial charge is 0.463 e. The van der Waals surface area contributed by atoms with Crippen LogP contribution in [0.2, 0.25) is 0 Å². The first kappa shape index (κ1) is 15.4. The van der Waals surface area contributed by atoms with Crippen molar-refractivity contribution >= 4 is 44.8 Å². The minimum atomic E-state index is -0.335. The van der Waals surface area contributed by atoms with Gasteiger partial charge in [-0.05, 0) is 18.2 Å². The molecule has 0 spiro atoms. The fraction of sp³-hybridized carbons (Fsp3) is 0. The van der Waals surface area contributed by atoms with Gasteiger partial charge in [0.25, 0.3) is 5.91 Å². The van der Waals surface area contributed by atoms with Gasteiger partial charge in [0.05, 0.1) is 6.26 Å². The lowest BCUT2D eigenvalue weighted by atomic mass is 10.4. The molecule has 0 bridgehead atoms. The zero-order chi connectivity index (χ0) is 17.1. The molecule has 4 rings (SSSR count). The maximum Gasteiger partial charge on any atom is 0.276 e. The molecule has 1 amide bonds. The normalized spacial score (nSPS) is 10.6. The quantitative estimate of drug-likeness (QED) is 0.552. The summed E-state index contributed by atoms with van der Waals surface area (Å²) >= 11 is 2.61. The Kier molecular flexibility index (Phi) is 4.19. The van der Waals surface area contributed by atoms with Crippen LogP contribution in [0, 0.1) is 0 Å². The predicted octanol–water partition coefficient (Wildman–Crippen LogP) is 3.65. The molecule has 0 unspecified atom stereocenters. The van der Waals surface area contributed by atoms with Gasteiger partial charge in [-0.15, -0.1) is 22.7 Å². The number of carbonyl (C=O) groups is 1. The number of aromatic nitrogens is 4. The van der Waals surface area contributed by atoms with Gasteiger partial charge in [0.15, 0.2) is 16.0 Å². The van der Waals surface area contributed by atoms with Crippen LogP contribution in [0.3, 0.4) is 0 Å². The standard InChI is InChI=1S/C15H10N6O2S2/c22-12(20-14-18-9(7-24-14)11-3-1-6-23-11)10-8-25-15(19-10)21-13-16-4-2-5-17-13/h1-8H,(H,18,20,22)(H,16,17,19,21). The van der Waals surface area contributed by atoms with E-state index in [-0.39, 0.29) is 11.6 Å². The Hall–Kier alpha value is -3.11. The van der Waals surface area contributed by atoms with E-state index in [0.29, 0.717) is 27.7 Å². The molecule has 0 aliphatic carbocycles. The van der Waals surface area contributed by atoms with Gasteiger partial charge >= 0.3 is 0 Å². The van der Waals surface area contributed by atoms with Gasteiger partial charge in [-0.25, -0.2) is 19.9 Å². The van der Waals surface area contributed by atoms with E-state index in [9.17, 15) is 4.79 Å². The minimum absolute atomic E-state index is 0.290. The first-order chi connectivity index (χ1) is 12.3. The summed E-state index contributed by atoms with van der Waals surface area (Å²) in [5, 5.41) is 10.2. The highest BCUT2D eigenvalue weighted by Gasteiger charge is 2.14. The number of hydrogen-bond acceptors (Lipinski definition) is 9. The number of amides is 1. The number of thiazole rings is 2. The van der Waals surface area contributed by atoms with Crippen LogP contribution in [0.4, 0.5) is 16.2 Å². The third-order valence-corrected chi connectivity index (χ3v) is 4.54. The van der Waals surface area contributed by atoms with Gasteiger partial charge < -0.3 is 9.73 Å². The van der Waals surface area contributed by atoms with E-state index < -0.39 is 0 Å². The Morgan fingerprint density at radius 2 is 1.88 bits per heavy atom. The summed E-state index contributed by atoms with van der Waals surface area (Å²) in [6.45, 7) is 0. The zero-order valence-corrected chi connectivity index (χ0v) is 14.2. The summed E-state index contributed by atoms with van der Waals surface area (Å²) in [6.07, 6.45) is 4.82. The first-order valence-electron chi connectivity index (χ1n) is 7.08. The summed E-state index contributed by atoms with van der Waals surface area (Å²) in [5.74, 6) is 0.741. The molecule has 0 radical (unpaired) electrons. The molecule has 0 fully saturated rings. The van der Waals surface area contributed by atoms with Crippen LogP contribution < -0.4 is 10.6 Å². The highest BCUT2D eigenvalue weighted by molar-refractivity contribution is 7.14. The second-order valence-corrected chi connectivity index (χ2v) is 6.42. The molecule has 0 aromatic carbocycles. The second kappa shape index (κ2) is 6.79. The fourth-order valence-corrected chi connectivity index (χ4v) is 3.30. The van der Waals surface area contributed by atoms with Crippen molar-refractivity contribution in [3.8, 4) is 11.5 Å². The summed E-state index contributed by atoms with van der Waals surface area (Å²) in [7, 11) is 0. The Morgan fingerprint density at radius 1 is 1.04 bits per heavy atom. The maximum atomic E-state index is 12.3. The molecule has 2 N–H and O–H groups in total. The summed E-state index contributed by atoms with van der Waals surface area (Å²) in [5.41, 5.74) is 0.963.